The van der Waals surface area contributed by atoms with Crippen LogP contribution >= 0.6 is 0 Å². The second kappa shape index (κ2) is 6.02. The van der Waals surface area contributed by atoms with Crippen LogP contribution in [-0.2, 0) is 0 Å². The SMILES string of the molecule is Cc1cc(C(=N)N)cc(N2CCN(C3CCCC3)CC2)n1. The third kappa shape index (κ3) is 3.18. The maximum Gasteiger partial charge on any atom is 0.129 e. The van der Waals surface area contributed by atoms with Gasteiger partial charge < -0.3 is 10.6 Å². The maximum absolute atomic E-state index is 7.61. The van der Waals surface area contributed by atoms with Crippen molar-refractivity contribution < 1.29 is 0 Å². The first kappa shape index (κ1) is 14.3. The number of nitrogens with zero attached hydrogens (tertiary/aromatic N) is 3. The first-order valence-corrected chi connectivity index (χ1v) is 7.95. The van der Waals surface area contributed by atoms with Gasteiger partial charge in [0.25, 0.3) is 0 Å². The Kier molecular flexibility index (Phi) is 4.10. The molecular weight excluding hydrogens is 262 g/mol. The van der Waals surface area contributed by atoms with Gasteiger partial charge in [0.05, 0.1) is 0 Å². The summed E-state index contributed by atoms with van der Waals surface area (Å²) in [4.78, 5) is 9.59. The lowest BCUT2D eigenvalue weighted by Gasteiger charge is -2.38. The van der Waals surface area contributed by atoms with Crippen LogP contribution in [0.15, 0.2) is 12.1 Å². The van der Waals surface area contributed by atoms with Gasteiger partial charge in [0, 0.05) is 43.5 Å². The zero-order valence-electron chi connectivity index (χ0n) is 12.8. The van der Waals surface area contributed by atoms with E-state index >= 15 is 0 Å². The first-order valence-electron chi connectivity index (χ1n) is 7.95. The molecule has 3 N–H and O–H groups in total. The van der Waals surface area contributed by atoms with Crippen molar-refractivity contribution in [3.8, 4) is 0 Å². The van der Waals surface area contributed by atoms with Crippen molar-refractivity contribution in [3.63, 3.8) is 0 Å². The van der Waals surface area contributed by atoms with Crippen LogP contribution in [0.4, 0.5) is 5.82 Å². The predicted molar refractivity (Wildman–Crippen MR) is 86.0 cm³/mol. The van der Waals surface area contributed by atoms with Gasteiger partial charge in [0.15, 0.2) is 0 Å². The zero-order valence-corrected chi connectivity index (χ0v) is 12.8. The van der Waals surface area contributed by atoms with Gasteiger partial charge in [-0.3, -0.25) is 10.3 Å². The molecule has 1 aromatic heterocycles. The van der Waals surface area contributed by atoms with Crippen LogP contribution in [0.2, 0.25) is 0 Å². The molecule has 0 amide bonds. The van der Waals surface area contributed by atoms with E-state index < -0.39 is 0 Å². The molecule has 1 saturated heterocycles. The first-order chi connectivity index (χ1) is 10.1. The largest absolute Gasteiger partial charge is 0.384 e. The highest BCUT2D eigenvalue weighted by Gasteiger charge is 2.26. The summed E-state index contributed by atoms with van der Waals surface area (Å²) in [7, 11) is 0. The number of hydrogen-bond acceptors (Lipinski definition) is 4. The fraction of sp³-hybridized carbons (Fsp3) is 0.625. The number of nitrogens with one attached hydrogen (secondary N) is 1. The fourth-order valence-electron chi connectivity index (χ4n) is 3.55. The summed E-state index contributed by atoms with van der Waals surface area (Å²) in [5.41, 5.74) is 7.32. The Hall–Kier alpha value is -1.62. The van der Waals surface area contributed by atoms with E-state index in [2.05, 4.69) is 14.8 Å². The Labute approximate surface area is 126 Å². The van der Waals surface area contributed by atoms with Gasteiger partial charge in [-0.15, -0.1) is 0 Å². The molecule has 1 aliphatic heterocycles. The van der Waals surface area contributed by atoms with Crippen LogP contribution in [0.25, 0.3) is 0 Å². The lowest BCUT2D eigenvalue weighted by molar-refractivity contribution is 0.187. The third-order valence-corrected chi connectivity index (χ3v) is 4.73. The van der Waals surface area contributed by atoms with Crippen molar-refractivity contribution in [2.24, 2.45) is 5.73 Å². The molecule has 0 atom stereocenters. The van der Waals surface area contributed by atoms with Crippen molar-refractivity contribution in [1.82, 2.24) is 9.88 Å². The summed E-state index contributed by atoms with van der Waals surface area (Å²) in [5.74, 6) is 1.08. The molecular formula is C16H25N5. The van der Waals surface area contributed by atoms with E-state index in [1.54, 1.807) is 0 Å². The number of pyridine rings is 1. The summed E-state index contributed by atoms with van der Waals surface area (Å²) >= 11 is 0. The molecule has 0 aromatic carbocycles. The van der Waals surface area contributed by atoms with Crippen molar-refractivity contribution in [1.29, 1.82) is 5.41 Å². The van der Waals surface area contributed by atoms with Gasteiger partial charge in [-0.1, -0.05) is 12.8 Å². The van der Waals surface area contributed by atoms with Crippen LogP contribution < -0.4 is 10.6 Å². The number of nitrogen functional groups attached to an aromatic ring is 1. The van der Waals surface area contributed by atoms with Gasteiger partial charge in [0.1, 0.15) is 11.7 Å². The molecule has 0 unspecified atom stereocenters. The molecule has 1 saturated carbocycles. The number of aromatic nitrogens is 1. The Morgan fingerprint density at radius 1 is 1.19 bits per heavy atom. The summed E-state index contributed by atoms with van der Waals surface area (Å²) in [6.45, 7) is 6.24. The molecule has 2 aliphatic rings. The van der Waals surface area contributed by atoms with Gasteiger partial charge in [-0.2, -0.15) is 0 Å². The summed E-state index contributed by atoms with van der Waals surface area (Å²) in [6.07, 6.45) is 5.53. The highest BCUT2D eigenvalue weighted by molar-refractivity contribution is 5.95. The molecule has 1 aliphatic carbocycles. The molecule has 3 rings (SSSR count). The number of aryl methyl sites for hydroxylation is 1. The maximum atomic E-state index is 7.61. The van der Waals surface area contributed by atoms with E-state index in [0.29, 0.717) is 0 Å². The second-order valence-electron chi connectivity index (χ2n) is 6.23. The van der Waals surface area contributed by atoms with Crippen molar-refractivity contribution >= 4 is 11.7 Å². The van der Waals surface area contributed by atoms with E-state index in [4.69, 9.17) is 11.1 Å². The Morgan fingerprint density at radius 2 is 1.86 bits per heavy atom. The van der Waals surface area contributed by atoms with E-state index in [1.165, 1.54) is 25.7 Å². The van der Waals surface area contributed by atoms with E-state index in [9.17, 15) is 0 Å². The minimum absolute atomic E-state index is 0.117. The third-order valence-electron chi connectivity index (χ3n) is 4.73. The summed E-state index contributed by atoms with van der Waals surface area (Å²) in [5, 5.41) is 7.61. The Balaban J connectivity index is 1.67. The minimum atomic E-state index is 0.117. The average Bonchev–Trinajstić information content (AvgIpc) is 3.01. The number of anilines is 1. The molecule has 21 heavy (non-hydrogen) atoms. The Bertz CT molecular complexity index is 513. The molecule has 1 aromatic rings. The van der Waals surface area contributed by atoms with Crippen LogP contribution in [0.5, 0.6) is 0 Å². The molecule has 0 radical (unpaired) electrons. The zero-order chi connectivity index (χ0) is 14.8. The molecule has 0 spiro atoms. The van der Waals surface area contributed by atoms with E-state index in [0.717, 1.165) is 49.3 Å². The number of nitrogens with two attached hydrogens (primary N) is 1. The van der Waals surface area contributed by atoms with E-state index in [1.807, 2.05) is 19.1 Å². The number of amidine groups is 1. The van der Waals surface area contributed by atoms with Crippen molar-refractivity contribution in [2.75, 3.05) is 31.1 Å². The summed E-state index contributed by atoms with van der Waals surface area (Å²) in [6, 6.07) is 4.63. The lowest BCUT2D eigenvalue weighted by atomic mass is 10.1. The normalized spacial score (nSPS) is 20.9. The highest BCUT2D eigenvalue weighted by atomic mass is 15.3. The molecule has 2 fully saturated rings. The van der Waals surface area contributed by atoms with Gasteiger partial charge in [-0.05, 0) is 31.9 Å². The van der Waals surface area contributed by atoms with E-state index in [-0.39, 0.29) is 5.84 Å². The van der Waals surface area contributed by atoms with Gasteiger partial charge >= 0.3 is 0 Å². The predicted octanol–water partition coefficient (Wildman–Crippen LogP) is 1.74. The van der Waals surface area contributed by atoms with Crippen molar-refractivity contribution in [2.45, 2.75) is 38.6 Å². The standard InChI is InChI=1S/C16H25N5/c1-12-10-13(16(17)18)11-15(19-12)21-8-6-20(7-9-21)14-4-2-3-5-14/h10-11,14H,2-9H2,1H3,(H3,17,18). The Morgan fingerprint density at radius 3 is 2.48 bits per heavy atom. The number of rotatable bonds is 3. The average molecular weight is 287 g/mol. The summed E-state index contributed by atoms with van der Waals surface area (Å²) < 4.78 is 0. The molecule has 114 valence electrons. The fourth-order valence-corrected chi connectivity index (χ4v) is 3.55. The quantitative estimate of drug-likeness (QED) is 0.656. The molecule has 0 bridgehead atoms. The molecule has 5 nitrogen and oxygen atoms in total. The smallest absolute Gasteiger partial charge is 0.129 e. The van der Waals surface area contributed by atoms with Crippen LogP contribution in [0, 0.1) is 12.3 Å². The van der Waals surface area contributed by atoms with Crippen LogP contribution in [0.1, 0.15) is 36.9 Å². The monoisotopic (exact) mass is 287 g/mol. The topological polar surface area (TPSA) is 69.2 Å². The van der Waals surface area contributed by atoms with Crippen LogP contribution in [-0.4, -0.2) is 47.9 Å². The molecule has 2 heterocycles. The number of piperazine rings is 1. The lowest BCUT2D eigenvalue weighted by Crippen LogP contribution is -2.50. The van der Waals surface area contributed by atoms with Crippen molar-refractivity contribution in [3.05, 3.63) is 23.4 Å². The second-order valence-corrected chi connectivity index (χ2v) is 6.23. The number of hydrogen-bond donors (Lipinski definition) is 2. The van der Waals surface area contributed by atoms with Crippen LogP contribution in [0.3, 0.4) is 0 Å². The van der Waals surface area contributed by atoms with Gasteiger partial charge in [-0.25, -0.2) is 4.98 Å². The minimum Gasteiger partial charge on any atom is -0.384 e. The molecule has 5 heteroatoms. The highest BCUT2D eigenvalue weighted by Crippen LogP contribution is 2.25. The van der Waals surface area contributed by atoms with Gasteiger partial charge in [0.2, 0.25) is 0 Å².